The first-order chi connectivity index (χ1) is 9.97. The highest BCUT2D eigenvalue weighted by molar-refractivity contribution is 7.10. The Bertz CT molecular complexity index is 582. The predicted octanol–water partition coefficient (Wildman–Crippen LogP) is 1.53. The Morgan fingerprint density at radius 3 is 2.90 bits per heavy atom. The average Bonchev–Trinajstić information content (AvgIpc) is 3.01. The van der Waals surface area contributed by atoms with E-state index in [2.05, 4.69) is 6.92 Å². The number of hydrogen-bond donors (Lipinski definition) is 2. The smallest absolute Gasteiger partial charge is 0.326 e. The molecular formula is C15H19NO4S. The molecule has 0 bridgehead atoms. The molecule has 1 saturated heterocycles. The first-order valence-electron chi connectivity index (χ1n) is 7.28. The van der Waals surface area contributed by atoms with Gasteiger partial charge in [0.15, 0.2) is 0 Å². The van der Waals surface area contributed by atoms with Gasteiger partial charge in [-0.25, -0.2) is 4.79 Å². The van der Waals surface area contributed by atoms with Crippen molar-refractivity contribution in [3.63, 3.8) is 0 Å². The number of rotatable bonds is 2. The quantitative estimate of drug-likeness (QED) is 0.868. The van der Waals surface area contributed by atoms with E-state index in [0.29, 0.717) is 11.5 Å². The second-order valence-corrected chi connectivity index (χ2v) is 7.06. The molecule has 5 nitrogen and oxygen atoms in total. The fourth-order valence-corrected chi connectivity index (χ4v) is 4.52. The van der Waals surface area contributed by atoms with Gasteiger partial charge in [-0.2, -0.15) is 0 Å². The number of hydrogen-bond acceptors (Lipinski definition) is 4. The van der Waals surface area contributed by atoms with Gasteiger partial charge in [-0.15, -0.1) is 11.3 Å². The number of carbonyl (C=O) groups excluding carboxylic acids is 1. The Morgan fingerprint density at radius 2 is 2.19 bits per heavy atom. The summed E-state index contributed by atoms with van der Waals surface area (Å²) in [4.78, 5) is 26.5. The van der Waals surface area contributed by atoms with E-state index in [0.717, 1.165) is 24.8 Å². The van der Waals surface area contributed by atoms with E-state index < -0.39 is 18.1 Å². The number of likely N-dealkylation sites (tertiary alicyclic amines) is 1. The molecule has 21 heavy (non-hydrogen) atoms. The molecule has 3 unspecified atom stereocenters. The number of carboxylic acid groups (broad SMARTS) is 1. The summed E-state index contributed by atoms with van der Waals surface area (Å²) < 4.78 is 0. The highest BCUT2D eigenvalue weighted by Crippen LogP contribution is 2.34. The van der Waals surface area contributed by atoms with E-state index in [1.54, 1.807) is 11.3 Å². The second-order valence-electron chi connectivity index (χ2n) is 6.10. The van der Waals surface area contributed by atoms with E-state index in [4.69, 9.17) is 0 Å². The number of aliphatic hydroxyl groups is 1. The molecule has 2 N–H and O–H groups in total. The Hall–Kier alpha value is -1.40. The van der Waals surface area contributed by atoms with Gasteiger partial charge in [-0.1, -0.05) is 6.92 Å². The van der Waals surface area contributed by atoms with Gasteiger partial charge in [-0.05, 0) is 30.7 Å². The van der Waals surface area contributed by atoms with Crippen LogP contribution in [0.1, 0.15) is 40.6 Å². The van der Waals surface area contributed by atoms with E-state index >= 15 is 0 Å². The van der Waals surface area contributed by atoms with Crippen LogP contribution < -0.4 is 0 Å². The van der Waals surface area contributed by atoms with Crippen LogP contribution in [0.4, 0.5) is 0 Å². The molecule has 0 aromatic carbocycles. The van der Waals surface area contributed by atoms with Crippen molar-refractivity contribution < 1.29 is 19.8 Å². The zero-order valence-electron chi connectivity index (χ0n) is 11.9. The molecule has 0 spiro atoms. The molecule has 114 valence electrons. The Labute approximate surface area is 127 Å². The topological polar surface area (TPSA) is 77.8 Å². The van der Waals surface area contributed by atoms with Crippen molar-refractivity contribution >= 4 is 23.2 Å². The van der Waals surface area contributed by atoms with Crippen LogP contribution in [-0.4, -0.2) is 45.7 Å². The zero-order valence-corrected chi connectivity index (χ0v) is 12.7. The Balaban J connectivity index is 1.87. The van der Waals surface area contributed by atoms with Gasteiger partial charge in [0, 0.05) is 23.2 Å². The maximum Gasteiger partial charge on any atom is 0.326 e. The minimum absolute atomic E-state index is 0.108. The van der Waals surface area contributed by atoms with Crippen LogP contribution in [-0.2, 0) is 17.6 Å². The molecule has 1 amide bonds. The fourth-order valence-electron chi connectivity index (χ4n) is 3.28. The van der Waals surface area contributed by atoms with Crippen molar-refractivity contribution in [3.8, 4) is 0 Å². The van der Waals surface area contributed by atoms with Crippen molar-refractivity contribution in [2.24, 2.45) is 5.92 Å². The standard InChI is InChI=1S/C15H19NO4S/c1-8-2-3-10-11(7-21-13(10)4-8)14(18)16-6-9(17)5-12(16)15(19)20/h7-9,12,17H,2-6H2,1H3,(H,19,20). The van der Waals surface area contributed by atoms with Crippen molar-refractivity contribution in [1.82, 2.24) is 4.90 Å². The number of β-amino-alcohol motifs (C(OH)–C–C–N with tert-alkyl or cyclic N) is 1. The van der Waals surface area contributed by atoms with Crippen molar-refractivity contribution in [1.29, 1.82) is 0 Å². The van der Waals surface area contributed by atoms with Crippen LogP contribution in [0.3, 0.4) is 0 Å². The van der Waals surface area contributed by atoms with Crippen molar-refractivity contribution in [3.05, 3.63) is 21.4 Å². The van der Waals surface area contributed by atoms with Crippen LogP contribution in [0, 0.1) is 5.92 Å². The predicted molar refractivity (Wildman–Crippen MR) is 78.6 cm³/mol. The average molecular weight is 309 g/mol. The van der Waals surface area contributed by atoms with E-state index in [1.165, 1.54) is 9.78 Å². The summed E-state index contributed by atoms with van der Waals surface area (Å²) in [7, 11) is 0. The number of carboxylic acids is 1. The van der Waals surface area contributed by atoms with E-state index in [1.807, 2.05) is 5.38 Å². The van der Waals surface area contributed by atoms with Gasteiger partial charge in [0.2, 0.25) is 0 Å². The lowest BCUT2D eigenvalue weighted by Gasteiger charge is -2.23. The molecule has 1 aromatic rings. The van der Waals surface area contributed by atoms with Crippen molar-refractivity contribution in [2.45, 2.75) is 44.8 Å². The summed E-state index contributed by atoms with van der Waals surface area (Å²) in [5, 5.41) is 20.8. The molecule has 0 radical (unpaired) electrons. The van der Waals surface area contributed by atoms with Crippen LogP contribution in [0.25, 0.3) is 0 Å². The van der Waals surface area contributed by atoms with Crippen LogP contribution in [0.15, 0.2) is 5.38 Å². The molecule has 1 aliphatic heterocycles. The highest BCUT2D eigenvalue weighted by Gasteiger charge is 2.40. The third-order valence-corrected chi connectivity index (χ3v) is 5.51. The number of aliphatic carboxylic acids is 1. The van der Waals surface area contributed by atoms with Crippen LogP contribution in [0.5, 0.6) is 0 Å². The van der Waals surface area contributed by atoms with Gasteiger partial charge in [-0.3, -0.25) is 4.79 Å². The molecular weight excluding hydrogens is 290 g/mol. The molecule has 2 heterocycles. The molecule has 6 heteroatoms. The first-order valence-corrected chi connectivity index (χ1v) is 8.16. The lowest BCUT2D eigenvalue weighted by Crippen LogP contribution is -2.40. The Morgan fingerprint density at radius 1 is 1.43 bits per heavy atom. The fraction of sp³-hybridized carbons (Fsp3) is 0.600. The van der Waals surface area contributed by atoms with Crippen molar-refractivity contribution in [2.75, 3.05) is 6.54 Å². The van der Waals surface area contributed by atoms with E-state index in [-0.39, 0.29) is 18.9 Å². The first kappa shape index (κ1) is 14.5. The summed E-state index contributed by atoms with van der Waals surface area (Å²) in [5.74, 6) is -0.650. The van der Waals surface area contributed by atoms with Crippen LogP contribution in [0.2, 0.25) is 0 Å². The molecule has 2 aliphatic rings. The number of fused-ring (bicyclic) bond motifs is 1. The molecule has 1 aliphatic carbocycles. The minimum atomic E-state index is -1.04. The molecule has 1 aromatic heterocycles. The number of nitrogens with zero attached hydrogens (tertiary/aromatic N) is 1. The molecule has 1 fully saturated rings. The lowest BCUT2D eigenvalue weighted by atomic mass is 9.88. The Kier molecular flexibility index (Phi) is 3.75. The van der Waals surface area contributed by atoms with Gasteiger partial charge in [0.1, 0.15) is 6.04 Å². The van der Waals surface area contributed by atoms with E-state index in [9.17, 15) is 19.8 Å². The molecule has 3 rings (SSSR count). The molecule has 3 atom stereocenters. The van der Waals surface area contributed by atoms with Crippen LogP contribution >= 0.6 is 11.3 Å². The minimum Gasteiger partial charge on any atom is -0.480 e. The van der Waals surface area contributed by atoms with Gasteiger partial charge in [0.05, 0.1) is 11.7 Å². The van der Waals surface area contributed by atoms with Gasteiger partial charge < -0.3 is 15.1 Å². The number of thiophene rings is 1. The largest absolute Gasteiger partial charge is 0.480 e. The normalized spacial score (nSPS) is 28.5. The summed E-state index contributed by atoms with van der Waals surface area (Å²) in [6, 6.07) is -0.912. The van der Waals surface area contributed by atoms with Gasteiger partial charge >= 0.3 is 5.97 Å². The number of carbonyl (C=O) groups is 2. The third-order valence-electron chi connectivity index (χ3n) is 4.46. The summed E-state index contributed by atoms with van der Waals surface area (Å²) in [6.07, 6.45) is 2.32. The number of amides is 1. The van der Waals surface area contributed by atoms with Gasteiger partial charge in [0.25, 0.3) is 5.91 Å². The molecule has 0 saturated carbocycles. The highest BCUT2D eigenvalue weighted by atomic mass is 32.1. The summed E-state index contributed by atoms with van der Waals surface area (Å²) >= 11 is 1.60. The number of aliphatic hydroxyl groups excluding tert-OH is 1. The second kappa shape index (κ2) is 5.42. The zero-order chi connectivity index (χ0) is 15.1. The third kappa shape index (κ3) is 2.58. The summed E-state index contributed by atoms with van der Waals surface area (Å²) in [5.41, 5.74) is 1.73. The summed E-state index contributed by atoms with van der Waals surface area (Å²) in [6.45, 7) is 2.32. The monoisotopic (exact) mass is 309 g/mol. The lowest BCUT2D eigenvalue weighted by molar-refractivity contribution is -0.141. The SMILES string of the molecule is CC1CCc2c(C(=O)N3CC(O)CC3C(=O)O)csc2C1. The maximum absolute atomic E-state index is 12.7. The maximum atomic E-state index is 12.7.